The molecule has 0 spiro atoms. The number of ether oxygens (including phenoxy) is 1. The van der Waals surface area contributed by atoms with E-state index in [1.165, 1.54) is 7.11 Å². The highest BCUT2D eigenvalue weighted by atomic mass is 32.2. The summed E-state index contributed by atoms with van der Waals surface area (Å²) in [5, 5.41) is 9.56. The molecule has 0 saturated heterocycles. The third-order valence-corrected chi connectivity index (χ3v) is 5.15. The molecule has 0 heterocycles. The molecule has 1 N–H and O–H groups in total. The largest absolute Gasteiger partial charge is 0.496 e. The van der Waals surface area contributed by atoms with Crippen LogP contribution in [-0.4, -0.2) is 32.9 Å². The van der Waals surface area contributed by atoms with E-state index >= 15 is 0 Å². The van der Waals surface area contributed by atoms with Gasteiger partial charge in [-0.05, 0) is 18.9 Å². The lowest BCUT2D eigenvalue weighted by atomic mass is 9.78. The Morgan fingerprint density at radius 2 is 1.90 bits per heavy atom. The van der Waals surface area contributed by atoms with Crippen molar-refractivity contribution in [3.63, 3.8) is 0 Å². The quantitative estimate of drug-likeness (QED) is 0.920. The molecule has 21 heavy (non-hydrogen) atoms. The summed E-state index contributed by atoms with van der Waals surface area (Å²) in [4.78, 5) is 11.2. The molecule has 116 valence electrons. The first-order chi connectivity index (χ1) is 9.72. The van der Waals surface area contributed by atoms with Gasteiger partial charge >= 0.3 is 5.97 Å². The van der Waals surface area contributed by atoms with E-state index in [9.17, 15) is 22.7 Å². The molecule has 1 saturated carbocycles. The average molecular weight is 316 g/mol. The standard InChI is InChI=1S/C14H17FO5S/c1-20-11-8-12(21(2,18)19)10(15)7-9(11)14(13(16)17)5-3-4-6-14/h7-8H,3-6H2,1-2H3,(H,16,17). The van der Waals surface area contributed by atoms with E-state index in [1.54, 1.807) is 0 Å². The summed E-state index contributed by atoms with van der Waals surface area (Å²) in [5.74, 6) is -1.88. The molecule has 0 unspecified atom stereocenters. The summed E-state index contributed by atoms with van der Waals surface area (Å²) in [7, 11) is -2.44. The van der Waals surface area contributed by atoms with Crippen LogP contribution in [0.1, 0.15) is 31.2 Å². The number of benzene rings is 1. The van der Waals surface area contributed by atoms with Crippen LogP contribution in [0.25, 0.3) is 0 Å². The average Bonchev–Trinajstić information content (AvgIpc) is 2.87. The van der Waals surface area contributed by atoms with E-state index in [4.69, 9.17) is 4.74 Å². The Morgan fingerprint density at radius 3 is 2.33 bits per heavy atom. The number of carbonyl (C=O) groups is 1. The predicted molar refractivity (Wildman–Crippen MR) is 73.8 cm³/mol. The van der Waals surface area contributed by atoms with Gasteiger partial charge in [0.25, 0.3) is 0 Å². The van der Waals surface area contributed by atoms with Crippen molar-refractivity contribution in [3.8, 4) is 5.75 Å². The molecule has 2 rings (SSSR count). The third-order valence-electron chi connectivity index (χ3n) is 4.04. The number of sulfone groups is 1. The third kappa shape index (κ3) is 2.62. The normalized spacial score (nSPS) is 17.7. The van der Waals surface area contributed by atoms with E-state index in [0.29, 0.717) is 12.8 Å². The van der Waals surface area contributed by atoms with Crippen LogP contribution in [0.5, 0.6) is 5.75 Å². The minimum atomic E-state index is -3.75. The van der Waals surface area contributed by atoms with Crippen molar-refractivity contribution in [3.05, 3.63) is 23.5 Å². The van der Waals surface area contributed by atoms with Gasteiger partial charge in [0.15, 0.2) is 9.84 Å². The Balaban J connectivity index is 2.70. The maximum Gasteiger partial charge on any atom is 0.314 e. The lowest BCUT2D eigenvalue weighted by molar-refractivity contribution is -0.143. The highest BCUT2D eigenvalue weighted by molar-refractivity contribution is 7.90. The Kier molecular flexibility index (Phi) is 3.97. The molecular weight excluding hydrogens is 299 g/mol. The van der Waals surface area contributed by atoms with Crippen LogP contribution in [-0.2, 0) is 20.0 Å². The molecule has 7 heteroatoms. The lowest BCUT2D eigenvalue weighted by Gasteiger charge is -2.26. The summed E-state index contributed by atoms with van der Waals surface area (Å²) in [6.07, 6.45) is 3.12. The van der Waals surface area contributed by atoms with E-state index in [2.05, 4.69) is 0 Å². The fourth-order valence-corrected chi connectivity index (χ4v) is 3.67. The van der Waals surface area contributed by atoms with Crippen molar-refractivity contribution in [1.29, 1.82) is 0 Å². The number of carboxylic acids is 1. The zero-order chi connectivity index (χ0) is 15.8. The number of carboxylic acid groups (broad SMARTS) is 1. The van der Waals surface area contributed by atoms with Crippen molar-refractivity contribution in [2.75, 3.05) is 13.4 Å². The van der Waals surface area contributed by atoms with Crippen LogP contribution in [0, 0.1) is 5.82 Å². The second-order valence-electron chi connectivity index (χ2n) is 5.35. The van der Waals surface area contributed by atoms with E-state index in [0.717, 1.165) is 31.2 Å². The van der Waals surface area contributed by atoms with Crippen LogP contribution >= 0.6 is 0 Å². The SMILES string of the molecule is COc1cc(S(C)(=O)=O)c(F)cc1C1(C(=O)O)CCCC1. The van der Waals surface area contributed by atoms with Gasteiger partial charge < -0.3 is 9.84 Å². The summed E-state index contributed by atoms with van der Waals surface area (Å²) in [6, 6.07) is 2.07. The first kappa shape index (κ1) is 15.8. The molecule has 1 fully saturated rings. The van der Waals surface area contributed by atoms with E-state index < -0.39 is 31.9 Å². The Bertz CT molecular complexity index is 675. The summed E-state index contributed by atoms with van der Waals surface area (Å²) >= 11 is 0. The van der Waals surface area contributed by atoms with Crippen molar-refractivity contribution in [1.82, 2.24) is 0 Å². The van der Waals surface area contributed by atoms with Crippen LogP contribution in [0.2, 0.25) is 0 Å². The van der Waals surface area contributed by atoms with E-state index in [-0.39, 0.29) is 11.3 Å². The molecule has 1 aromatic carbocycles. The molecule has 0 atom stereocenters. The maximum absolute atomic E-state index is 14.1. The van der Waals surface area contributed by atoms with Crippen LogP contribution in [0.4, 0.5) is 4.39 Å². The van der Waals surface area contributed by atoms with Gasteiger partial charge in [-0.25, -0.2) is 12.8 Å². The molecule has 0 bridgehead atoms. The number of rotatable bonds is 4. The Hall–Kier alpha value is -1.63. The van der Waals surface area contributed by atoms with Crippen LogP contribution < -0.4 is 4.74 Å². The second-order valence-corrected chi connectivity index (χ2v) is 7.33. The zero-order valence-electron chi connectivity index (χ0n) is 11.8. The molecule has 1 aliphatic carbocycles. The van der Waals surface area contributed by atoms with Crippen LogP contribution in [0.15, 0.2) is 17.0 Å². The van der Waals surface area contributed by atoms with Crippen molar-refractivity contribution >= 4 is 15.8 Å². The molecule has 1 aliphatic rings. The molecule has 5 nitrogen and oxygen atoms in total. The van der Waals surface area contributed by atoms with Gasteiger partial charge in [-0.1, -0.05) is 12.8 Å². The predicted octanol–water partition coefficient (Wildman–Crippen LogP) is 2.13. The topological polar surface area (TPSA) is 80.7 Å². The first-order valence-electron chi connectivity index (χ1n) is 6.54. The summed E-state index contributed by atoms with van der Waals surface area (Å²) < 4.78 is 42.4. The van der Waals surface area contributed by atoms with Gasteiger partial charge in [-0.15, -0.1) is 0 Å². The monoisotopic (exact) mass is 316 g/mol. The maximum atomic E-state index is 14.1. The molecule has 1 aromatic rings. The van der Waals surface area contributed by atoms with Gasteiger partial charge in [0.1, 0.15) is 16.5 Å². The number of methoxy groups -OCH3 is 1. The Morgan fingerprint density at radius 1 is 1.33 bits per heavy atom. The highest BCUT2D eigenvalue weighted by Gasteiger charge is 2.45. The molecule has 0 radical (unpaired) electrons. The minimum Gasteiger partial charge on any atom is -0.496 e. The van der Waals surface area contributed by atoms with Gasteiger partial charge in [-0.3, -0.25) is 4.79 Å². The van der Waals surface area contributed by atoms with Crippen molar-refractivity contribution in [2.24, 2.45) is 0 Å². The molecule has 0 aliphatic heterocycles. The minimum absolute atomic E-state index is 0.0983. The van der Waals surface area contributed by atoms with Gasteiger partial charge in [-0.2, -0.15) is 0 Å². The molecule has 0 amide bonds. The number of halogens is 1. The van der Waals surface area contributed by atoms with Crippen molar-refractivity contribution < 1.29 is 27.4 Å². The lowest BCUT2D eigenvalue weighted by Crippen LogP contribution is -2.33. The molecular formula is C14H17FO5S. The molecule has 0 aromatic heterocycles. The number of hydrogen-bond donors (Lipinski definition) is 1. The zero-order valence-corrected chi connectivity index (χ0v) is 12.7. The highest BCUT2D eigenvalue weighted by Crippen LogP contribution is 2.46. The summed E-state index contributed by atoms with van der Waals surface area (Å²) in [5.41, 5.74) is -0.998. The Labute approximate surface area is 122 Å². The van der Waals surface area contributed by atoms with Crippen LogP contribution in [0.3, 0.4) is 0 Å². The number of hydrogen-bond acceptors (Lipinski definition) is 4. The van der Waals surface area contributed by atoms with Gasteiger partial charge in [0, 0.05) is 17.9 Å². The second kappa shape index (κ2) is 5.29. The van der Waals surface area contributed by atoms with Crippen molar-refractivity contribution in [2.45, 2.75) is 36.0 Å². The number of aliphatic carboxylic acids is 1. The first-order valence-corrected chi connectivity index (χ1v) is 8.43. The fraction of sp³-hybridized carbons (Fsp3) is 0.500. The smallest absolute Gasteiger partial charge is 0.314 e. The van der Waals surface area contributed by atoms with Gasteiger partial charge in [0.2, 0.25) is 0 Å². The summed E-state index contributed by atoms with van der Waals surface area (Å²) in [6.45, 7) is 0. The van der Waals surface area contributed by atoms with Gasteiger partial charge in [0.05, 0.1) is 12.5 Å². The fourth-order valence-electron chi connectivity index (χ4n) is 2.94. The van der Waals surface area contributed by atoms with E-state index in [1.807, 2.05) is 0 Å².